The van der Waals surface area contributed by atoms with Crippen LogP contribution in [0.3, 0.4) is 0 Å². The largest absolute Gasteiger partial charge is 0.377 e. The fraction of sp³-hybridized carbons (Fsp3) is 0.714. The van der Waals surface area contributed by atoms with Gasteiger partial charge in [0.15, 0.2) is 0 Å². The molecule has 0 aliphatic heterocycles. The van der Waals surface area contributed by atoms with Crippen LogP contribution in [-0.4, -0.2) is 13.2 Å². The van der Waals surface area contributed by atoms with Gasteiger partial charge in [-0.2, -0.15) is 0 Å². The highest BCUT2D eigenvalue weighted by Gasteiger charge is 2.32. The Morgan fingerprint density at radius 2 is 1.80 bits per heavy atom. The SMILES string of the molecule is COC1CCCC2=C1CC1=C2CCCC1. The zero-order chi connectivity index (χ0) is 10.3. The van der Waals surface area contributed by atoms with Gasteiger partial charge in [-0.25, -0.2) is 0 Å². The molecule has 0 amide bonds. The highest BCUT2D eigenvalue weighted by Crippen LogP contribution is 2.47. The number of rotatable bonds is 1. The van der Waals surface area contributed by atoms with E-state index in [2.05, 4.69) is 0 Å². The molecule has 3 aliphatic rings. The van der Waals surface area contributed by atoms with Crippen LogP contribution < -0.4 is 0 Å². The van der Waals surface area contributed by atoms with E-state index in [1.807, 2.05) is 7.11 Å². The summed E-state index contributed by atoms with van der Waals surface area (Å²) in [4.78, 5) is 0. The summed E-state index contributed by atoms with van der Waals surface area (Å²) in [7, 11) is 1.87. The smallest absolute Gasteiger partial charge is 0.0790 e. The lowest BCUT2D eigenvalue weighted by Crippen LogP contribution is -2.18. The van der Waals surface area contributed by atoms with Gasteiger partial charge in [0.2, 0.25) is 0 Å². The molecule has 1 unspecified atom stereocenters. The number of methoxy groups -OCH3 is 1. The topological polar surface area (TPSA) is 9.23 Å². The maximum Gasteiger partial charge on any atom is 0.0790 e. The molecule has 0 heterocycles. The molecular formula is C14H20O. The molecule has 0 bridgehead atoms. The van der Waals surface area contributed by atoms with Gasteiger partial charge >= 0.3 is 0 Å². The lowest BCUT2D eigenvalue weighted by Gasteiger charge is -2.25. The third-order valence-corrected chi connectivity index (χ3v) is 4.30. The predicted molar refractivity (Wildman–Crippen MR) is 61.8 cm³/mol. The van der Waals surface area contributed by atoms with Gasteiger partial charge in [0.05, 0.1) is 6.10 Å². The van der Waals surface area contributed by atoms with Gasteiger partial charge in [-0.3, -0.25) is 0 Å². The molecule has 0 fully saturated rings. The summed E-state index contributed by atoms with van der Waals surface area (Å²) in [6.07, 6.45) is 11.1. The van der Waals surface area contributed by atoms with Crippen LogP contribution >= 0.6 is 0 Å². The molecule has 0 aromatic heterocycles. The van der Waals surface area contributed by atoms with Gasteiger partial charge in [-0.05, 0) is 68.1 Å². The van der Waals surface area contributed by atoms with Gasteiger partial charge < -0.3 is 4.74 Å². The first-order chi connectivity index (χ1) is 7.40. The van der Waals surface area contributed by atoms with E-state index in [-0.39, 0.29) is 0 Å². The molecule has 3 rings (SSSR count). The van der Waals surface area contributed by atoms with Crippen LogP contribution in [0.15, 0.2) is 22.3 Å². The van der Waals surface area contributed by atoms with Crippen molar-refractivity contribution < 1.29 is 4.74 Å². The van der Waals surface area contributed by atoms with Crippen LogP contribution in [0, 0.1) is 0 Å². The van der Waals surface area contributed by atoms with E-state index in [0.29, 0.717) is 6.10 Å². The molecule has 0 saturated carbocycles. The third-order valence-electron chi connectivity index (χ3n) is 4.30. The van der Waals surface area contributed by atoms with Crippen molar-refractivity contribution in [3.63, 3.8) is 0 Å². The first-order valence-corrected chi connectivity index (χ1v) is 6.36. The predicted octanol–water partition coefficient (Wildman–Crippen LogP) is 3.76. The Hall–Kier alpha value is -0.560. The van der Waals surface area contributed by atoms with Crippen LogP contribution in [0.2, 0.25) is 0 Å². The molecule has 1 nitrogen and oxygen atoms in total. The molecule has 1 atom stereocenters. The van der Waals surface area contributed by atoms with E-state index in [1.165, 1.54) is 51.4 Å². The second kappa shape index (κ2) is 3.79. The van der Waals surface area contributed by atoms with E-state index in [4.69, 9.17) is 4.74 Å². The Balaban J connectivity index is 1.93. The summed E-state index contributed by atoms with van der Waals surface area (Å²) in [5.74, 6) is 0. The Kier molecular flexibility index (Phi) is 2.44. The van der Waals surface area contributed by atoms with Gasteiger partial charge in [0, 0.05) is 7.11 Å². The van der Waals surface area contributed by atoms with Crippen molar-refractivity contribution in [2.24, 2.45) is 0 Å². The molecule has 3 aliphatic carbocycles. The first kappa shape index (κ1) is 9.65. The second-order valence-electron chi connectivity index (χ2n) is 5.09. The summed E-state index contributed by atoms with van der Waals surface area (Å²) >= 11 is 0. The van der Waals surface area contributed by atoms with Gasteiger partial charge in [-0.15, -0.1) is 0 Å². The van der Waals surface area contributed by atoms with Crippen molar-refractivity contribution >= 4 is 0 Å². The Morgan fingerprint density at radius 1 is 1.00 bits per heavy atom. The summed E-state index contributed by atoms with van der Waals surface area (Å²) in [6.45, 7) is 0. The molecule has 0 saturated heterocycles. The van der Waals surface area contributed by atoms with Crippen LogP contribution in [0.4, 0.5) is 0 Å². The number of fused-ring (bicyclic) bond motifs is 1. The van der Waals surface area contributed by atoms with Crippen molar-refractivity contribution in [2.75, 3.05) is 7.11 Å². The monoisotopic (exact) mass is 204 g/mol. The van der Waals surface area contributed by atoms with Crippen molar-refractivity contribution in [2.45, 2.75) is 57.5 Å². The third kappa shape index (κ3) is 1.48. The van der Waals surface area contributed by atoms with Gasteiger partial charge in [-0.1, -0.05) is 5.57 Å². The summed E-state index contributed by atoms with van der Waals surface area (Å²) < 4.78 is 5.63. The maximum atomic E-state index is 5.63. The standard InChI is InChI=1S/C14H20O/c1-15-14-8-4-7-12-11-6-3-2-5-10(11)9-13(12)14/h14H,2-9H2,1H3. The molecule has 82 valence electrons. The number of hydrogen-bond acceptors (Lipinski definition) is 1. The summed E-state index contributed by atoms with van der Waals surface area (Å²) in [5.41, 5.74) is 6.87. The summed E-state index contributed by atoms with van der Waals surface area (Å²) in [5, 5.41) is 0. The zero-order valence-corrected chi connectivity index (χ0v) is 9.64. The van der Waals surface area contributed by atoms with E-state index in [1.54, 1.807) is 22.3 Å². The second-order valence-corrected chi connectivity index (χ2v) is 5.09. The number of ether oxygens (including phenoxy) is 1. The molecular weight excluding hydrogens is 184 g/mol. The quantitative estimate of drug-likeness (QED) is 0.632. The Bertz CT molecular complexity index is 335. The van der Waals surface area contributed by atoms with Crippen LogP contribution in [0.1, 0.15) is 51.4 Å². The minimum absolute atomic E-state index is 0.444. The Morgan fingerprint density at radius 3 is 2.67 bits per heavy atom. The number of hydrogen-bond donors (Lipinski definition) is 0. The minimum Gasteiger partial charge on any atom is -0.377 e. The molecule has 0 N–H and O–H groups in total. The molecule has 15 heavy (non-hydrogen) atoms. The van der Waals surface area contributed by atoms with Gasteiger partial charge in [0.25, 0.3) is 0 Å². The van der Waals surface area contributed by atoms with Crippen LogP contribution in [0.25, 0.3) is 0 Å². The number of allylic oxidation sites excluding steroid dienone is 3. The first-order valence-electron chi connectivity index (χ1n) is 6.36. The van der Waals surface area contributed by atoms with E-state index >= 15 is 0 Å². The molecule has 0 spiro atoms. The molecule has 0 radical (unpaired) electrons. The van der Waals surface area contributed by atoms with E-state index in [9.17, 15) is 0 Å². The average molecular weight is 204 g/mol. The van der Waals surface area contributed by atoms with Crippen molar-refractivity contribution in [1.29, 1.82) is 0 Å². The fourth-order valence-electron chi connectivity index (χ4n) is 3.58. The van der Waals surface area contributed by atoms with Crippen molar-refractivity contribution in [1.82, 2.24) is 0 Å². The fourth-order valence-corrected chi connectivity index (χ4v) is 3.58. The van der Waals surface area contributed by atoms with Crippen LogP contribution in [-0.2, 0) is 4.74 Å². The lowest BCUT2D eigenvalue weighted by atomic mass is 9.86. The Labute approximate surface area is 92.2 Å². The van der Waals surface area contributed by atoms with Crippen LogP contribution in [0.5, 0.6) is 0 Å². The molecule has 1 heteroatoms. The average Bonchev–Trinajstić information content (AvgIpc) is 2.67. The highest BCUT2D eigenvalue weighted by atomic mass is 16.5. The van der Waals surface area contributed by atoms with E-state index < -0.39 is 0 Å². The normalized spacial score (nSPS) is 30.6. The highest BCUT2D eigenvalue weighted by molar-refractivity contribution is 5.50. The van der Waals surface area contributed by atoms with Crippen molar-refractivity contribution in [3.8, 4) is 0 Å². The molecule has 0 aromatic carbocycles. The zero-order valence-electron chi connectivity index (χ0n) is 9.64. The molecule has 0 aromatic rings. The minimum atomic E-state index is 0.444. The van der Waals surface area contributed by atoms with Crippen molar-refractivity contribution in [3.05, 3.63) is 22.3 Å². The van der Waals surface area contributed by atoms with Gasteiger partial charge in [0.1, 0.15) is 0 Å². The maximum absolute atomic E-state index is 5.63. The lowest BCUT2D eigenvalue weighted by molar-refractivity contribution is 0.115. The summed E-state index contributed by atoms with van der Waals surface area (Å²) in [6, 6.07) is 0. The van der Waals surface area contributed by atoms with E-state index in [0.717, 1.165) is 0 Å².